The van der Waals surface area contributed by atoms with E-state index in [9.17, 15) is 0 Å². The molecule has 2 aromatic rings. The topological polar surface area (TPSA) is 28.2 Å². The molecule has 4 heteroatoms. The lowest BCUT2D eigenvalue weighted by Gasteiger charge is -2.20. The first-order valence-electron chi connectivity index (χ1n) is 7.64. The highest BCUT2D eigenvalue weighted by atomic mass is 32.1. The molecule has 114 valence electrons. The highest BCUT2D eigenvalue weighted by Gasteiger charge is 2.04. The van der Waals surface area contributed by atoms with E-state index in [1.807, 2.05) is 13.0 Å². The third-order valence-electron chi connectivity index (χ3n) is 3.55. The molecule has 0 atom stereocenters. The molecule has 2 rings (SSSR count). The van der Waals surface area contributed by atoms with Gasteiger partial charge in [0, 0.05) is 25.3 Å². The van der Waals surface area contributed by atoms with Crippen molar-refractivity contribution in [3.05, 3.63) is 52.0 Å². The number of aryl methyl sites for hydroxylation is 1. The lowest BCUT2D eigenvalue weighted by atomic mass is 10.2. The third-order valence-corrected chi connectivity index (χ3v) is 4.29. The van der Waals surface area contributed by atoms with Crippen LogP contribution in [-0.2, 0) is 13.0 Å². The molecule has 1 N–H and O–H groups in total. The number of nitrogens with zero attached hydrogens (tertiary/aromatic N) is 2. The smallest absolute Gasteiger partial charge is 0.0547 e. The second-order valence-corrected chi connectivity index (χ2v) is 6.05. The van der Waals surface area contributed by atoms with Gasteiger partial charge in [0.15, 0.2) is 0 Å². The number of hydrogen-bond donors (Lipinski definition) is 1. The van der Waals surface area contributed by atoms with Crippen LogP contribution in [0, 0.1) is 6.92 Å². The van der Waals surface area contributed by atoms with E-state index < -0.39 is 0 Å². The van der Waals surface area contributed by atoms with Crippen molar-refractivity contribution in [3.63, 3.8) is 0 Å². The second kappa shape index (κ2) is 8.93. The summed E-state index contributed by atoms with van der Waals surface area (Å²) < 4.78 is 0. The molecule has 0 radical (unpaired) electrons. The molecule has 0 unspecified atom stereocenters. The summed E-state index contributed by atoms with van der Waals surface area (Å²) in [5.74, 6) is 0. The van der Waals surface area contributed by atoms with Gasteiger partial charge in [-0.25, -0.2) is 0 Å². The van der Waals surface area contributed by atoms with Crippen LogP contribution in [-0.4, -0.2) is 36.1 Å². The normalized spacial score (nSPS) is 11.2. The molecule has 0 aliphatic heterocycles. The quantitative estimate of drug-likeness (QED) is 0.722. The molecule has 0 amide bonds. The zero-order valence-electron chi connectivity index (χ0n) is 13.0. The van der Waals surface area contributed by atoms with Crippen molar-refractivity contribution < 1.29 is 0 Å². The zero-order valence-corrected chi connectivity index (χ0v) is 13.8. The van der Waals surface area contributed by atoms with Gasteiger partial charge in [0.2, 0.25) is 0 Å². The van der Waals surface area contributed by atoms with E-state index in [0.717, 1.165) is 50.5 Å². The van der Waals surface area contributed by atoms with Crippen LogP contribution in [0.4, 0.5) is 0 Å². The molecule has 21 heavy (non-hydrogen) atoms. The summed E-state index contributed by atoms with van der Waals surface area (Å²) in [5.41, 5.74) is 3.69. The Morgan fingerprint density at radius 2 is 2.14 bits per heavy atom. The van der Waals surface area contributed by atoms with Gasteiger partial charge < -0.3 is 5.32 Å². The van der Waals surface area contributed by atoms with Gasteiger partial charge in [-0.2, -0.15) is 11.3 Å². The zero-order chi connectivity index (χ0) is 14.9. The van der Waals surface area contributed by atoms with Crippen LogP contribution in [0.2, 0.25) is 0 Å². The minimum atomic E-state index is 0.935. The summed E-state index contributed by atoms with van der Waals surface area (Å²) in [6.07, 6.45) is 1.12. The van der Waals surface area contributed by atoms with Crippen LogP contribution in [0.3, 0.4) is 0 Å². The maximum Gasteiger partial charge on any atom is 0.0547 e. The summed E-state index contributed by atoms with van der Waals surface area (Å²) in [6, 6.07) is 8.45. The van der Waals surface area contributed by atoms with E-state index in [1.165, 1.54) is 5.56 Å². The predicted octanol–water partition coefficient (Wildman–Crippen LogP) is 3.11. The summed E-state index contributed by atoms with van der Waals surface area (Å²) in [5, 5.41) is 7.90. The van der Waals surface area contributed by atoms with Crippen LogP contribution < -0.4 is 5.32 Å². The van der Waals surface area contributed by atoms with Gasteiger partial charge in [0.25, 0.3) is 0 Å². The Bertz CT molecular complexity index is 511. The van der Waals surface area contributed by atoms with Crippen molar-refractivity contribution in [1.82, 2.24) is 15.2 Å². The fraction of sp³-hybridized carbons (Fsp3) is 0.471. The monoisotopic (exact) mass is 303 g/mol. The number of pyridine rings is 1. The second-order valence-electron chi connectivity index (χ2n) is 5.27. The number of nitrogens with one attached hydrogen (secondary N) is 1. The third kappa shape index (κ3) is 5.96. The lowest BCUT2D eigenvalue weighted by molar-refractivity contribution is 0.276. The first-order chi connectivity index (χ1) is 10.3. The Morgan fingerprint density at radius 3 is 2.86 bits per heavy atom. The molecule has 2 heterocycles. The fourth-order valence-electron chi connectivity index (χ4n) is 2.30. The van der Waals surface area contributed by atoms with Gasteiger partial charge in [-0.05, 0) is 61.0 Å². The molecule has 0 saturated carbocycles. The molecular formula is C17H25N3S. The molecule has 2 aromatic heterocycles. The Balaban J connectivity index is 1.65. The van der Waals surface area contributed by atoms with Crippen molar-refractivity contribution in [1.29, 1.82) is 0 Å². The summed E-state index contributed by atoms with van der Waals surface area (Å²) in [7, 11) is 0. The summed E-state index contributed by atoms with van der Waals surface area (Å²) >= 11 is 1.77. The molecular weight excluding hydrogens is 278 g/mol. The number of rotatable bonds is 9. The summed E-state index contributed by atoms with van der Waals surface area (Å²) in [4.78, 5) is 7.01. The number of aromatic nitrogens is 1. The van der Waals surface area contributed by atoms with Crippen LogP contribution in [0.5, 0.6) is 0 Å². The Morgan fingerprint density at radius 1 is 1.24 bits per heavy atom. The maximum absolute atomic E-state index is 4.58. The molecule has 0 aliphatic carbocycles. The van der Waals surface area contributed by atoms with Crippen molar-refractivity contribution in [2.45, 2.75) is 26.8 Å². The standard InChI is InChI=1S/C17H25N3S/c1-3-20(13-17-6-4-5-15(2)19-17)11-10-18-9-7-16-8-12-21-14-16/h4-6,8,12,14,18H,3,7,9-11,13H2,1-2H3. The molecule has 0 fully saturated rings. The van der Waals surface area contributed by atoms with Gasteiger partial charge in [-0.15, -0.1) is 0 Å². The molecule has 0 saturated heterocycles. The number of hydrogen-bond acceptors (Lipinski definition) is 4. The van der Waals surface area contributed by atoms with Crippen molar-refractivity contribution in [2.75, 3.05) is 26.2 Å². The minimum absolute atomic E-state index is 0.935. The maximum atomic E-state index is 4.58. The predicted molar refractivity (Wildman–Crippen MR) is 90.8 cm³/mol. The number of thiophene rings is 1. The first kappa shape index (κ1) is 16.1. The average molecular weight is 303 g/mol. The fourth-order valence-corrected chi connectivity index (χ4v) is 3.00. The van der Waals surface area contributed by atoms with Crippen molar-refractivity contribution in [3.8, 4) is 0 Å². The summed E-state index contributed by atoms with van der Waals surface area (Å²) in [6.45, 7) is 9.40. The van der Waals surface area contributed by atoms with Crippen LogP contribution in [0.1, 0.15) is 23.9 Å². The Labute approximate surface area is 132 Å². The molecule has 0 aromatic carbocycles. The van der Waals surface area contributed by atoms with Gasteiger partial charge in [0.05, 0.1) is 5.69 Å². The number of likely N-dealkylation sites (N-methyl/N-ethyl adjacent to an activating group) is 1. The van der Waals surface area contributed by atoms with E-state index in [1.54, 1.807) is 11.3 Å². The van der Waals surface area contributed by atoms with Crippen LogP contribution in [0.15, 0.2) is 35.0 Å². The SMILES string of the molecule is CCN(CCNCCc1ccsc1)Cc1cccc(C)n1. The van der Waals surface area contributed by atoms with E-state index in [-0.39, 0.29) is 0 Å². The molecule has 3 nitrogen and oxygen atoms in total. The largest absolute Gasteiger partial charge is 0.315 e. The van der Waals surface area contributed by atoms with Gasteiger partial charge in [-0.3, -0.25) is 9.88 Å². The van der Waals surface area contributed by atoms with E-state index in [2.05, 4.69) is 51.1 Å². The van der Waals surface area contributed by atoms with Gasteiger partial charge >= 0.3 is 0 Å². The first-order valence-corrected chi connectivity index (χ1v) is 8.59. The van der Waals surface area contributed by atoms with Crippen molar-refractivity contribution in [2.24, 2.45) is 0 Å². The molecule has 0 bridgehead atoms. The lowest BCUT2D eigenvalue weighted by Crippen LogP contribution is -2.32. The van der Waals surface area contributed by atoms with Crippen LogP contribution in [0.25, 0.3) is 0 Å². The highest BCUT2D eigenvalue weighted by Crippen LogP contribution is 2.05. The van der Waals surface area contributed by atoms with E-state index >= 15 is 0 Å². The Hall–Kier alpha value is -1.23. The molecule has 0 aliphatic rings. The highest BCUT2D eigenvalue weighted by molar-refractivity contribution is 7.07. The van der Waals surface area contributed by atoms with Crippen molar-refractivity contribution >= 4 is 11.3 Å². The van der Waals surface area contributed by atoms with Crippen LogP contribution >= 0.6 is 11.3 Å². The van der Waals surface area contributed by atoms with Gasteiger partial charge in [-0.1, -0.05) is 13.0 Å². The minimum Gasteiger partial charge on any atom is -0.315 e. The average Bonchev–Trinajstić information content (AvgIpc) is 2.99. The molecule has 0 spiro atoms. The van der Waals surface area contributed by atoms with Gasteiger partial charge in [0.1, 0.15) is 0 Å². The van der Waals surface area contributed by atoms with E-state index in [0.29, 0.717) is 0 Å². The Kier molecular flexibility index (Phi) is 6.86. The van der Waals surface area contributed by atoms with E-state index in [4.69, 9.17) is 0 Å².